The van der Waals surface area contributed by atoms with Crippen LogP contribution in [0.15, 0.2) is 12.1 Å². The molecule has 0 spiro atoms. The van der Waals surface area contributed by atoms with Gasteiger partial charge in [0.2, 0.25) is 0 Å². The van der Waals surface area contributed by atoms with Crippen LogP contribution in [-0.4, -0.2) is 42.2 Å². The van der Waals surface area contributed by atoms with Crippen molar-refractivity contribution < 1.29 is 4.74 Å². The molecular formula is C26H37N3O. The minimum absolute atomic E-state index is 0.514. The number of pyridine rings is 1. The summed E-state index contributed by atoms with van der Waals surface area (Å²) < 4.78 is 6.22. The van der Waals surface area contributed by atoms with E-state index < -0.39 is 0 Å². The molecule has 5 rings (SSSR count). The van der Waals surface area contributed by atoms with Gasteiger partial charge in [-0.25, -0.2) is 4.98 Å². The van der Waals surface area contributed by atoms with E-state index >= 15 is 0 Å². The van der Waals surface area contributed by atoms with Gasteiger partial charge in [-0.15, -0.1) is 0 Å². The fraction of sp³-hybridized carbons (Fsp3) is 0.654. The number of benzene rings is 1. The van der Waals surface area contributed by atoms with E-state index in [0.29, 0.717) is 6.04 Å². The van der Waals surface area contributed by atoms with E-state index in [2.05, 4.69) is 36.2 Å². The fourth-order valence-electron chi connectivity index (χ4n) is 5.53. The summed E-state index contributed by atoms with van der Waals surface area (Å²) in [5.41, 5.74) is 5.32. The van der Waals surface area contributed by atoms with E-state index in [9.17, 15) is 0 Å². The van der Waals surface area contributed by atoms with Crippen LogP contribution in [0, 0.1) is 12.8 Å². The van der Waals surface area contributed by atoms with Crippen molar-refractivity contribution in [1.82, 2.24) is 9.88 Å². The monoisotopic (exact) mass is 407 g/mol. The highest BCUT2D eigenvalue weighted by molar-refractivity contribution is 5.88. The molecule has 1 aliphatic heterocycles. The molecule has 1 atom stereocenters. The second kappa shape index (κ2) is 8.74. The molecule has 0 unspecified atom stereocenters. The van der Waals surface area contributed by atoms with Gasteiger partial charge in [0.15, 0.2) is 0 Å². The van der Waals surface area contributed by atoms with Crippen LogP contribution in [0.3, 0.4) is 0 Å². The molecule has 1 saturated carbocycles. The summed E-state index contributed by atoms with van der Waals surface area (Å²) in [6.07, 6.45) is 11.5. The van der Waals surface area contributed by atoms with E-state index in [1.54, 1.807) is 0 Å². The number of aromatic nitrogens is 1. The van der Waals surface area contributed by atoms with Crippen molar-refractivity contribution in [3.05, 3.63) is 28.8 Å². The Morgan fingerprint density at radius 2 is 1.90 bits per heavy atom. The maximum absolute atomic E-state index is 6.22. The van der Waals surface area contributed by atoms with Gasteiger partial charge in [0, 0.05) is 24.0 Å². The first-order valence-corrected chi connectivity index (χ1v) is 12.3. The van der Waals surface area contributed by atoms with Crippen LogP contribution >= 0.6 is 0 Å². The van der Waals surface area contributed by atoms with Crippen molar-refractivity contribution in [2.45, 2.75) is 77.7 Å². The zero-order chi connectivity index (χ0) is 20.5. The van der Waals surface area contributed by atoms with Gasteiger partial charge in [-0.2, -0.15) is 0 Å². The van der Waals surface area contributed by atoms with Crippen molar-refractivity contribution in [3.8, 4) is 5.75 Å². The molecule has 2 fully saturated rings. The Balaban J connectivity index is 1.34. The number of fused-ring (bicyclic) bond motifs is 3. The Bertz CT molecular complexity index is 899. The SMILES string of the molecule is Cc1cc2c3c(c(N[C@H](C)C4CCC4)nc2cc1OCCCN1CCCC1)CCC3. The maximum atomic E-state index is 6.22. The molecule has 162 valence electrons. The average Bonchev–Trinajstić information content (AvgIpc) is 3.37. The lowest BCUT2D eigenvalue weighted by molar-refractivity contribution is 0.262. The van der Waals surface area contributed by atoms with Gasteiger partial charge in [-0.1, -0.05) is 6.42 Å². The second-order valence-corrected chi connectivity index (χ2v) is 9.78. The van der Waals surface area contributed by atoms with Crippen LogP contribution in [0.5, 0.6) is 5.75 Å². The van der Waals surface area contributed by atoms with Crippen molar-refractivity contribution in [2.24, 2.45) is 5.92 Å². The summed E-state index contributed by atoms with van der Waals surface area (Å²) in [7, 11) is 0. The number of nitrogens with zero attached hydrogens (tertiary/aromatic N) is 2. The number of rotatable bonds is 8. The topological polar surface area (TPSA) is 37.4 Å². The first-order chi connectivity index (χ1) is 14.7. The molecule has 2 aliphatic carbocycles. The molecule has 4 heteroatoms. The number of aryl methyl sites for hydroxylation is 2. The largest absolute Gasteiger partial charge is 0.493 e. The number of anilines is 1. The van der Waals surface area contributed by atoms with Crippen molar-refractivity contribution in [2.75, 3.05) is 31.6 Å². The van der Waals surface area contributed by atoms with Gasteiger partial charge in [0.05, 0.1) is 12.1 Å². The molecule has 1 saturated heterocycles. The van der Waals surface area contributed by atoms with Gasteiger partial charge >= 0.3 is 0 Å². The summed E-state index contributed by atoms with van der Waals surface area (Å²) in [5, 5.41) is 5.14. The summed E-state index contributed by atoms with van der Waals surface area (Å²) in [6, 6.07) is 5.03. The van der Waals surface area contributed by atoms with Crippen LogP contribution in [0.25, 0.3) is 10.9 Å². The van der Waals surface area contributed by atoms with Crippen molar-refractivity contribution in [1.29, 1.82) is 0 Å². The van der Waals surface area contributed by atoms with E-state index in [1.165, 1.54) is 80.1 Å². The van der Waals surface area contributed by atoms with Crippen LogP contribution < -0.4 is 10.1 Å². The summed E-state index contributed by atoms with van der Waals surface area (Å²) in [6.45, 7) is 8.99. The highest BCUT2D eigenvalue weighted by atomic mass is 16.5. The Morgan fingerprint density at radius 1 is 1.10 bits per heavy atom. The number of hydrogen-bond donors (Lipinski definition) is 1. The van der Waals surface area contributed by atoms with E-state index in [4.69, 9.17) is 9.72 Å². The molecule has 0 radical (unpaired) electrons. The molecule has 1 N–H and O–H groups in total. The lowest BCUT2D eigenvalue weighted by Crippen LogP contribution is -2.31. The number of nitrogens with one attached hydrogen (secondary N) is 1. The van der Waals surface area contributed by atoms with Crippen LogP contribution in [0.1, 0.15) is 68.6 Å². The lowest BCUT2D eigenvalue weighted by Gasteiger charge is -2.32. The quantitative estimate of drug-likeness (QED) is 0.587. The standard InChI is InChI=1S/C26H37N3O/c1-18-16-23-21-10-6-11-22(21)26(27-19(2)20-8-5-9-20)28-24(23)17-25(18)30-15-7-14-29-12-3-4-13-29/h16-17,19-20H,3-15H2,1-2H3,(H,27,28)/t19-/m1/s1. The molecule has 30 heavy (non-hydrogen) atoms. The molecule has 4 nitrogen and oxygen atoms in total. The minimum Gasteiger partial charge on any atom is -0.493 e. The third-order valence-electron chi connectivity index (χ3n) is 7.65. The second-order valence-electron chi connectivity index (χ2n) is 9.78. The molecule has 1 aromatic carbocycles. The predicted molar refractivity (Wildman–Crippen MR) is 125 cm³/mol. The number of likely N-dealkylation sites (tertiary alicyclic amines) is 1. The van der Waals surface area contributed by atoms with Gasteiger partial charge < -0.3 is 15.0 Å². The van der Waals surface area contributed by atoms with Gasteiger partial charge in [0.25, 0.3) is 0 Å². The highest BCUT2D eigenvalue weighted by Gasteiger charge is 2.27. The zero-order valence-electron chi connectivity index (χ0n) is 18.8. The molecule has 0 amide bonds. The lowest BCUT2D eigenvalue weighted by atomic mass is 9.80. The molecule has 2 heterocycles. The molecule has 0 bridgehead atoms. The Labute approximate surface area is 181 Å². The van der Waals surface area contributed by atoms with Crippen LogP contribution in [0.2, 0.25) is 0 Å². The smallest absolute Gasteiger partial charge is 0.130 e. The Kier molecular flexibility index (Phi) is 5.86. The number of ether oxygens (including phenoxy) is 1. The maximum Gasteiger partial charge on any atom is 0.130 e. The highest BCUT2D eigenvalue weighted by Crippen LogP contribution is 2.38. The molecule has 1 aromatic heterocycles. The molecule has 2 aromatic rings. The van der Waals surface area contributed by atoms with Crippen LogP contribution in [0.4, 0.5) is 5.82 Å². The normalized spacial score (nSPS) is 20.3. The third-order valence-corrected chi connectivity index (χ3v) is 7.65. The Morgan fingerprint density at radius 3 is 2.67 bits per heavy atom. The first kappa shape index (κ1) is 20.1. The Hall–Kier alpha value is -1.81. The van der Waals surface area contributed by atoms with E-state index in [-0.39, 0.29) is 0 Å². The number of hydrogen-bond acceptors (Lipinski definition) is 4. The fourth-order valence-corrected chi connectivity index (χ4v) is 5.53. The van der Waals surface area contributed by atoms with Gasteiger partial charge in [-0.3, -0.25) is 0 Å². The molecule has 3 aliphatic rings. The molecular weight excluding hydrogens is 370 g/mol. The van der Waals surface area contributed by atoms with E-state index in [0.717, 1.165) is 49.0 Å². The first-order valence-electron chi connectivity index (χ1n) is 12.3. The van der Waals surface area contributed by atoms with Gasteiger partial charge in [-0.05, 0) is 107 Å². The van der Waals surface area contributed by atoms with Crippen molar-refractivity contribution >= 4 is 16.7 Å². The summed E-state index contributed by atoms with van der Waals surface area (Å²) in [5.74, 6) is 2.96. The van der Waals surface area contributed by atoms with Crippen molar-refractivity contribution in [3.63, 3.8) is 0 Å². The van der Waals surface area contributed by atoms with Crippen LogP contribution in [-0.2, 0) is 12.8 Å². The summed E-state index contributed by atoms with van der Waals surface area (Å²) >= 11 is 0. The third kappa shape index (κ3) is 4.03. The summed E-state index contributed by atoms with van der Waals surface area (Å²) in [4.78, 5) is 7.68. The minimum atomic E-state index is 0.514. The van der Waals surface area contributed by atoms with E-state index in [1.807, 2.05) is 0 Å². The van der Waals surface area contributed by atoms with Gasteiger partial charge in [0.1, 0.15) is 11.6 Å². The zero-order valence-corrected chi connectivity index (χ0v) is 18.8. The predicted octanol–water partition coefficient (Wildman–Crippen LogP) is 5.50. The average molecular weight is 408 g/mol.